The molecule has 0 saturated carbocycles. The molecule has 0 bridgehead atoms. The largest absolute Gasteiger partial charge is 0.490 e. The Hall–Kier alpha value is -3.82. The van der Waals surface area contributed by atoms with Crippen molar-refractivity contribution in [2.24, 2.45) is 4.99 Å². The van der Waals surface area contributed by atoms with Gasteiger partial charge in [-0.05, 0) is 91.3 Å². The maximum Gasteiger partial charge on any atom is 0.335 e. The van der Waals surface area contributed by atoms with E-state index < -0.39 is 5.97 Å². The molecule has 0 spiro atoms. The summed E-state index contributed by atoms with van der Waals surface area (Å²) in [5.41, 5.74) is 1.97. The third kappa shape index (κ3) is 6.35. The number of thioether (sulfide) groups is 1. The summed E-state index contributed by atoms with van der Waals surface area (Å²) in [6, 6.07) is 15.6. The Balaban J connectivity index is 1.60. The van der Waals surface area contributed by atoms with Gasteiger partial charge in [0, 0.05) is 6.54 Å². The number of nitrogens with zero attached hydrogens (tertiary/aromatic N) is 2. The summed E-state index contributed by atoms with van der Waals surface area (Å²) in [6.07, 6.45) is 1.70. The first-order valence-electron chi connectivity index (χ1n) is 11.8. The number of likely N-dealkylation sites (N-methyl/N-ethyl adjacent to an activating group) is 1. The smallest absolute Gasteiger partial charge is 0.335 e. The first-order valence-corrected chi connectivity index (χ1v) is 13.0. The fourth-order valence-electron chi connectivity index (χ4n) is 3.67. The second kappa shape index (κ2) is 12.1. The molecule has 196 valence electrons. The normalized spacial score (nSPS) is 15.4. The quantitative estimate of drug-likeness (QED) is 0.293. The Kier molecular flexibility index (Phi) is 8.70. The Morgan fingerprint density at radius 3 is 2.55 bits per heavy atom. The zero-order chi connectivity index (χ0) is 27.2. The minimum absolute atomic E-state index is 0.102. The van der Waals surface area contributed by atoms with E-state index in [1.165, 1.54) is 36.0 Å². The van der Waals surface area contributed by atoms with Gasteiger partial charge in [-0.25, -0.2) is 14.2 Å². The SMILES string of the molecule is CCOc1cc(C=C2SC(=Nc3ccc(C(=O)O)cc3)N(CC)C2=O)cc(Cl)c1OCc1cccc(F)c1. The van der Waals surface area contributed by atoms with E-state index in [0.717, 1.165) is 0 Å². The molecule has 3 aromatic carbocycles. The van der Waals surface area contributed by atoms with Gasteiger partial charge in [-0.3, -0.25) is 9.69 Å². The summed E-state index contributed by atoms with van der Waals surface area (Å²) in [5.74, 6) is -0.861. The van der Waals surface area contributed by atoms with E-state index >= 15 is 0 Å². The molecule has 1 heterocycles. The number of carbonyl (C=O) groups is 2. The molecular formula is C28H24ClFN2O5S. The minimum atomic E-state index is -1.02. The number of benzene rings is 3. The summed E-state index contributed by atoms with van der Waals surface area (Å²) in [6.45, 7) is 4.55. The molecule has 38 heavy (non-hydrogen) atoms. The summed E-state index contributed by atoms with van der Waals surface area (Å²) >= 11 is 7.75. The number of aromatic carboxylic acids is 1. The minimum Gasteiger partial charge on any atom is -0.490 e. The van der Waals surface area contributed by atoms with Gasteiger partial charge >= 0.3 is 5.97 Å². The van der Waals surface area contributed by atoms with E-state index in [2.05, 4.69) is 4.99 Å². The molecule has 0 aromatic heterocycles. The molecule has 1 aliphatic heterocycles. The summed E-state index contributed by atoms with van der Waals surface area (Å²) in [7, 11) is 0. The Morgan fingerprint density at radius 1 is 1.13 bits per heavy atom. The number of rotatable bonds is 9. The van der Waals surface area contributed by atoms with Crippen molar-refractivity contribution in [1.82, 2.24) is 4.90 Å². The molecular weight excluding hydrogens is 531 g/mol. The lowest BCUT2D eigenvalue weighted by Gasteiger charge is -2.15. The van der Waals surface area contributed by atoms with Crippen molar-refractivity contribution in [3.63, 3.8) is 0 Å². The van der Waals surface area contributed by atoms with Crippen LogP contribution in [0.2, 0.25) is 5.02 Å². The van der Waals surface area contributed by atoms with Crippen LogP contribution in [0.15, 0.2) is 70.6 Å². The van der Waals surface area contributed by atoms with Crippen molar-refractivity contribution in [3.8, 4) is 11.5 Å². The van der Waals surface area contributed by atoms with Crippen LogP contribution in [-0.4, -0.2) is 40.2 Å². The maximum absolute atomic E-state index is 13.5. The molecule has 7 nitrogen and oxygen atoms in total. The van der Waals surface area contributed by atoms with Gasteiger partial charge in [-0.2, -0.15) is 0 Å². The van der Waals surface area contributed by atoms with Crippen LogP contribution >= 0.6 is 23.4 Å². The highest BCUT2D eigenvalue weighted by atomic mass is 35.5. The fraction of sp³-hybridized carbons (Fsp3) is 0.179. The van der Waals surface area contributed by atoms with E-state index in [1.807, 2.05) is 13.8 Å². The predicted molar refractivity (Wildman–Crippen MR) is 147 cm³/mol. The highest BCUT2D eigenvalue weighted by Gasteiger charge is 2.32. The first kappa shape index (κ1) is 27.2. The number of carboxylic acid groups (broad SMARTS) is 1. The van der Waals surface area contributed by atoms with Crippen molar-refractivity contribution < 1.29 is 28.6 Å². The van der Waals surface area contributed by atoms with Gasteiger partial charge in [0.1, 0.15) is 12.4 Å². The highest BCUT2D eigenvalue weighted by molar-refractivity contribution is 8.18. The summed E-state index contributed by atoms with van der Waals surface area (Å²) in [4.78, 5) is 30.7. The van der Waals surface area contributed by atoms with Gasteiger partial charge in [0.15, 0.2) is 16.7 Å². The van der Waals surface area contributed by atoms with Gasteiger partial charge in [0.25, 0.3) is 5.91 Å². The molecule has 1 fully saturated rings. The molecule has 1 saturated heterocycles. The van der Waals surface area contributed by atoms with Crippen LogP contribution in [0.4, 0.5) is 10.1 Å². The van der Waals surface area contributed by atoms with Gasteiger partial charge in [-0.15, -0.1) is 0 Å². The van der Waals surface area contributed by atoms with E-state index in [-0.39, 0.29) is 28.9 Å². The number of hydrogen-bond donors (Lipinski definition) is 1. The molecule has 1 aliphatic rings. The number of ether oxygens (including phenoxy) is 2. The molecule has 0 atom stereocenters. The van der Waals surface area contributed by atoms with Gasteiger partial charge < -0.3 is 14.6 Å². The van der Waals surface area contributed by atoms with Crippen LogP contribution < -0.4 is 9.47 Å². The molecule has 0 radical (unpaired) electrons. The second-order valence-electron chi connectivity index (χ2n) is 8.09. The van der Waals surface area contributed by atoms with Crippen LogP contribution in [0.1, 0.15) is 35.3 Å². The number of carboxylic acids is 1. The molecule has 10 heteroatoms. The molecule has 1 amide bonds. The highest BCUT2D eigenvalue weighted by Crippen LogP contribution is 2.40. The van der Waals surface area contributed by atoms with Crippen molar-refractivity contribution in [2.45, 2.75) is 20.5 Å². The Morgan fingerprint density at radius 2 is 1.89 bits per heavy atom. The molecule has 1 N–H and O–H groups in total. The maximum atomic E-state index is 13.5. The van der Waals surface area contributed by atoms with E-state index in [1.54, 1.807) is 47.4 Å². The number of aliphatic imine (C=N–C) groups is 1. The van der Waals surface area contributed by atoms with Gasteiger partial charge in [-0.1, -0.05) is 23.7 Å². The standard InChI is InChI=1S/C28H24ClFN2O5S/c1-3-32-26(33)24(38-28(32)31-21-10-8-19(9-11-21)27(34)35)15-18-13-22(29)25(23(14-18)36-4-2)37-16-17-6-5-7-20(30)12-17/h5-15H,3-4,16H2,1-2H3,(H,34,35). The van der Waals surface area contributed by atoms with Crippen LogP contribution in [0.25, 0.3) is 6.08 Å². The molecule has 4 rings (SSSR count). The zero-order valence-electron chi connectivity index (χ0n) is 20.6. The molecule has 0 aliphatic carbocycles. The van der Waals surface area contributed by atoms with Crippen LogP contribution in [0.5, 0.6) is 11.5 Å². The van der Waals surface area contributed by atoms with Crippen molar-refractivity contribution >= 4 is 52.2 Å². The van der Waals surface area contributed by atoms with Gasteiger partial charge in [0.05, 0.1) is 27.8 Å². The average molecular weight is 555 g/mol. The third-order valence-corrected chi connectivity index (χ3v) is 6.73. The van der Waals surface area contributed by atoms with E-state index in [9.17, 15) is 14.0 Å². The fourth-order valence-corrected chi connectivity index (χ4v) is 5.00. The summed E-state index contributed by atoms with van der Waals surface area (Å²) in [5, 5.41) is 9.86. The first-order chi connectivity index (χ1) is 18.3. The lowest BCUT2D eigenvalue weighted by Crippen LogP contribution is -2.28. The monoisotopic (exact) mass is 554 g/mol. The summed E-state index contributed by atoms with van der Waals surface area (Å²) < 4.78 is 25.1. The Bertz CT molecular complexity index is 1430. The predicted octanol–water partition coefficient (Wildman–Crippen LogP) is 6.78. The van der Waals surface area contributed by atoms with Crippen LogP contribution in [0.3, 0.4) is 0 Å². The van der Waals surface area contributed by atoms with Crippen molar-refractivity contribution in [2.75, 3.05) is 13.2 Å². The molecule has 0 unspecified atom stereocenters. The number of carbonyl (C=O) groups excluding carboxylic acids is 1. The number of amidine groups is 1. The second-order valence-corrected chi connectivity index (χ2v) is 9.50. The van der Waals surface area contributed by atoms with Crippen molar-refractivity contribution in [1.29, 1.82) is 0 Å². The number of amides is 1. The number of halogens is 2. The third-order valence-electron chi connectivity index (χ3n) is 5.44. The van der Waals surface area contributed by atoms with Crippen LogP contribution in [-0.2, 0) is 11.4 Å². The van der Waals surface area contributed by atoms with Crippen molar-refractivity contribution in [3.05, 3.63) is 93.1 Å². The van der Waals surface area contributed by atoms with Gasteiger partial charge in [0.2, 0.25) is 0 Å². The molecule has 3 aromatic rings. The van der Waals surface area contributed by atoms with E-state index in [0.29, 0.717) is 51.5 Å². The zero-order valence-corrected chi connectivity index (χ0v) is 22.2. The van der Waals surface area contributed by atoms with Crippen LogP contribution in [0, 0.1) is 5.82 Å². The lowest BCUT2D eigenvalue weighted by molar-refractivity contribution is -0.122. The lowest BCUT2D eigenvalue weighted by atomic mass is 10.1. The number of hydrogen-bond acceptors (Lipinski definition) is 6. The average Bonchev–Trinajstić information content (AvgIpc) is 3.17. The topological polar surface area (TPSA) is 88.4 Å². The Labute approximate surface area is 228 Å². The van der Waals surface area contributed by atoms with E-state index in [4.69, 9.17) is 26.2 Å².